The molecule has 2 heteroatoms. The fourth-order valence-corrected chi connectivity index (χ4v) is 2.54. The van der Waals surface area contributed by atoms with Gasteiger partial charge in [0.15, 0.2) is 0 Å². The lowest BCUT2D eigenvalue weighted by Crippen LogP contribution is -2.12. The summed E-state index contributed by atoms with van der Waals surface area (Å²) in [5, 5.41) is 0. The van der Waals surface area contributed by atoms with Gasteiger partial charge in [0.05, 0.1) is 19.3 Å². The van der Waals surface area contributed by atoms with Crippen molar-refractivity contribution in [1.82, 2.24) is 0 Å². The van der Waals surface area contributed by atoms with E-state index < -0.39 is 0 Å². The molecule has 2 aromatic rings. The zero-order valence-electron chi connectivity index (χ0n) is 11.2. The molecule has 0 aromatic heterocycles. The highest BCUT2D eigenvalue weighted by atomic mass is 16.5. The quantitative estimate of drug-likeness (QED) is 0.910. The molecule has 0 saturated carbocycles. The fourth-order valence-electron chi connectivity index (χ4n) is 2.54. The zero-order valence-corrected chi connectivity index (χ0v) is 11.2. The van der Waals surface area contributed by atoms with Gasteiger partial charge in [0.2, 0.25) is 0 Å². The van der Waals surface area contributed by atoms with E-state index in [1.54, 1.807) is 0 Å². The van der Waals surface area contributed by atoms with Crippen molar-refractivity contribution in [3.8, 4) is 0 Å². The van der Waals surface area contributed by atoms with Gasteiger partial charge in [0.25, 0.3) is 0 Å². The molecule has 0 fully saturated rings. The first-order valence-corrected chi connectivity index (χ1v) is 6.82. The first kappa shape index (κ1) is 12.4. The minimum absolute atomic E-state index is 0.0585. The van der Waals surface area contributed by atoms with Crippen LogP contribution >= 0.6 is 0 Å². The van der Waals surface area contributed by atoms with Crippen molar-refractivity contribution in [3.05, 3.63) is 70.3 Å². The number of hydrogen-bond acceptors (Lipinski definition) is 2. The lowest BCUT2D eigenvalue weighted by molar-refractivity contribution is 0.134. The Morgan fingerprint density at radius 2 is 1.68 bits per heavy atom. The number of ether oxygens (including phenoxy) is 1. The van der Waals surface area contributed by atoms with Crippen molar-refractivity contribution in [2.75, 3.05) is 0 Å². The molecule has 1 aliphatic rings. The second-order valence-electron chi connectivity index (χ2n) is 5.09. The molecule has 0 spiro atoms. The fraction of sp³-hybridized carbons (Fsp3) is 0.294. The van der Waals surface area contributed by atoms with Gasteiger partial charge in [-0.05, 0) is 34.2 Å². The molecule has 0 bridgehead atoms. The van der Waals surface area contributed by atoms with E-state index in [2.05, 4.69) is 49.4 Å². The molecule has 0 amide bonds. The Labute approximate surface area is 114 Å². The van der Waals surface area contributed by atoms with Gasteiger partial charge in [-0.3, -0.25) is 0 Å². The van der Waals surface area contributed by atoms with E-state index in [-0.39, 0.29) is 6.04 Å². The third-order valence-electron chi connectivity index (χ3n) is 3.85. The van der Waals surface area contributed by atoms with E-state index >= 15 is 0 Å². The predicted molar refractivity (Wildman–Crippen MR) is 76.8 cm³/mol. The summed E-state index contributed by atoms with van der Waals surface area (Å²) in [7, 11) is 0. The summed E-state index contributed by atoms with van der Waals surface area (Å²) in [4.78, 5) is 0. The molecule has 0 radical (unpaired) electrons. The van der Waals surface area contributed by atoms with Gasteiger partial charge < -0.3 is 10.5 Å². The van der Waals surface area contributed by atoms with E-state index in [0.717, 1.165) is 24.2 Å². The molecule has 3 rings (SSSR count). The molecule has 2 aromatic carbocycles. The van der Waals surface area contributed by atoms with E-state index in [1.165, 1.54) is 16.7 Å². The van der Waals surface area contributed by atoms with E-state index in [0.29, 0.717) is 6.61 Å². The first-order valence-electron chi connectivity index (χ1n) is 6.82. The number of nitrogens with two attached hydrogens (primary N) is 1. The maximum absolute atomic E-state index is 6.36. The van der Waals surface area contributed by atoms with Crippen LogP contribution in [-0.2, 0) is 24.4 Å². The Morgan fingerprint density at radius 1 is 1.00 bits per heavy atom. The SMILES string of the molecule is CCc1ccc(C(N)c2ccc3c(c2)COC3)cc1. The Hall–Kier alpha value is -1.64. The third-order valence-corrected chi connectivity index (χ3v) is 3.85. The molecule has 1 unspecified atom stereocenters. The van der Waals surface area contributed by atoms with Crippen molar-refractivity contribution >= 4 is 0 Å². The maximum Gasteiger partial charge on any atom is 0.0725 e. The van der Waals surface area contributed by atoms with Crippen LogP contribution in [0, 0.1) is 0 Å². The van der Waals surface area contributed by atoms with Crippen LogP contribution in [-0.4, -0.2) is 0 Å². The average molecular weight is 253 g/mol. The van der Waals surface area contributed by atoms with Crippen LogP contribution in [0.15, 0.2) is 42.5 Å². The largest absolute Gasteiger partial charge is 0.372 e. The normalized spacial score (nSPS) is 15.3. The molecule has 2 N–H and O–H groups in total. The maximum atomic E-state index is 6.36. The molecule has 0 saturated heterocycles. The van der Waals surface area contributed by atoms with Gasteiger partial charge >= 0.3 is 0 Å². The molecule has 19 heavy (non-hydrogen) atoms. The van der Waals surface area contributed by atoms with E-state index in [1.807, 2.05) is 0 Å². The molecule has 2 nitrogen and oxygen atoms in total. The van der Waals surface area contributed by atoms with Crippen LogP contribution in [0.2, 0.25) is 0 Å². The van der Waals surface area contributed by atoms with E-state index in [4.69, 9.17) is 10.5 Å². The molecular formula is C17H19NO. The van der Waals surface area contributed by atoms with Crippen molar-refractivity contribution in [1.29, 1.82) is 0 Å². The lowest BCUT2D eigenvalue weighted by atomic mass is 9.95. The third kappa shape index (κ3) is 2.42. The van der Waals surface area contributed by atoms with Gasteiger partial charge in [-0.1, -0.05) is 49.4 Å². The van der Waals surface area contributed by atoms with Gasteiger partial charge in [-0.15, -0.1) is 0 Å². The topological polar surface area (TPSA) is 35.2 Å². The Balaban J connectivity index is 1.88. The van der Waals surface area contributed by atoms with Crippen molar-refractivity contribution in [2.45, 2.75) is 32.6 Å². The van der Waals surface area contributed by atoms with Crippen LogP contribution in [0.5, 0.6) is 0 Å². The summed E-state index contributed by atoms with van der Waals surface area (Å²) < 4.78 is 5.44. The highest BCUT2D eigenvalue weighted by Crippen LogP contribution is 2.26. The summed E-state index contributed by atoms with van der Waals surface area (Å²) in [6.07, 6.45) is 1.06. The van der Waals surface area contributed by atoms with Gasteiger partial charge in [0.1, 0.15) is 0 Å². The number of fused-ring (bicyclic) bond motifs is 1. The monoisotopic (exact) mass is 253 g/mol. The van der Waals surface area contributed by atoms with Crippen molar-refractivity contribution in [3.63, 3.8) is 0 Å². The minimum atomic E-state index is -0.0585. The standard InChI is InChI=1S/C17H19NO/c1-2-12-3-5-13(6-4-12)17(18)14-7-8-15-10-19-11-16(15)9-14/h3-9,17H,2,10-11,18H2,1H3. The van der Waals surface area contributed by atoms with Crippen LogP contribution in [0.3, 0.4) is 0 Å². The minimum Gasteiger partial charge on any atom is -0.372 e. The number of hydrogen-bond donors (Lipinski definition) is 1. The average Bonchev–Trinajstić information content (AvgIpc) is 2.94. The first-order chi connectivity index (χ1) is 9.28. The number of rotatable bonds is 3. The molecule has 1 atom stereocenters. The van der Waals surface area contributed by atoms with Crippen LogP contribution in [0.25, 0.3) is 0 Å². The summed E-state index contributed by atoms with van der Waals surface area (Å²) in [5.74, 6) is 0. The summed E-state index contributed by atoms with van der Waals surface area (Å²) in [6.45, 7) is 3.61. The van der Waals surface area contributed by atoms with Crippen LogP contribution in [0.1, 0.15) is 40.8 Å². The predicted octanol–water partition coefficient (Wildman–Crippen LogP) is 3.33. The van der Waals surface area contributed by atoms with Crippen LogP contribution < -0.4 is 5.73 Å². The highest BCUT2D eigenvalue weighted by molar-refractivity contribution is 5.39. The summed E-state index contributed by atoms with van der Waals surface area (Å²) >= 11 is 0. The lowest BCUT2D eigenvalue weighted by Gasteiger charge is -2.14. The Bertz CT molecular complexity index is 574. The molecule has 1 aliphatic heterocycles. The van der Waals surface area contributed by atoms with E-state index in [9.17, 15) is 0 Å². The number of aryl methyl sites for hydroxylation is 1. The van der Waals surface area contributed by atoms with Gasteiger partial charge in [-0.2, -0.15) is 0 Å². The molecule has 0 aliphatic carbocycles. The van der Waals surface area contributed by atoms with Gasteiger partial charge in [0, 0.05) is 0 Å². The summed E-state index contributed by atoms with van der Waals surface area (Å²) in [6, 6.07) is 15.0. The molecular weight excluding hydrogens is 234 g/mol. The second kappa shape index (κ2) is 5.16. The Morgan fingerprint density at radius 3 is 2.42 bits per heavy atom. The smallest absolute Gasteiger partial charge is 0.0725 e. The number of benzene rings is 2. The zero-order chi connectivity index (χ0) is 13.2. The Kier molecular flexibility index (Phi) is 3.36. The molecule has 1 heterocycles. The summed E-state index contributed by atoms with van der Waals surface area (Å²) in [5.41, 5.74) is 12.6. The highest BCUT2D eigenvalue weighted by Gasteiger charge is 2.15. The van der Waals surface area contributed by atoms with Crippen molar-refractivity contribution in [2.24, 2.45) is 5.73 Å². The van der Waals surface area contributed by atoms with Gasteiger partial charge in [-0.25, -0.2) is 0 Å². The second-order valence-corrected chi connectivity index (χ2v) is 5.09. The molecule has 98 valence electrons. The van der Waals surface area contributed by atoms with Crippen LogP contribution in [0.4, 0.5) is 0 Å². The van der Waals surface area contributed by atoms with Crippen molar-refractivity contribution < 1.29 is 4.74 Å².